The molecule has 0 saturated heterocycles. The van der Waals surface area contributed by atoms with Crippen molar-refractivity contribution in [3.8, 4) is 11.3 Å². The molecule has 0 aliphatic heterocycles. The van der Waals surface area contributed by atoms with Crippen molar-refractivity contribution in [2.45, 2.75) is 72.6 Å². The first kappa shape index (κ1) is 28.5. The van der Waals surface area contributed by atoms with Gasteiger partial charge in [-0.2, -0.15) is 0 Å². The zero-order valence-electron chi connectivity index (χ0n) is 24.0. The Morgan fingerprint density at radius 2 is 1.00 bits per heavy atom. The summed E-state index contributed by atoms with van der Waals surface area (Å²) in [5, 5.41) is 0. The quantitative estimate of drug-likeness (QED) is 0.129. The average molecular weight is 613 g/mol. The molecular weight excluding hydrogens is 567 g/mol. The standard InChI is InChI=1S/C23H19N2.3C4H9.Sn/c1-24-18-8-13-23(24)19-14-16-22(17-15-19)25(20-9-4-2-5-10-20)21-11-6-3-7-12-21;3*1-3-4-2;/h2-17H,1H3;3*1,3-4H2,2H3;. The molecule has 0 unspecified atom stereocenters. The van der Waals surface area contributed by atoms with E-state index in [1.54, 1.807) is 3.71 Å². The normalized spacial score (nSPS) is 11.6. The van der Waals surface area contributed by atoms with Crippen LogP contribution < -0.4 is 8.61 Å². The van der Waals surface area contributed by atoms with Gasteiger partial charge in [0.2, 0.25) is 0 Å². The number of unbranched alkanes of at least 4 members (excludes halogenated alkanes) is 3. The maximum absolute atomic E-state index is 2.60. The Kier molecular flexibility index (Phi) is 10.6. The molecule has 0 aliphatic carbocycles. The van der Waals surface area contributed by atoms with E-state index in [1.807, 2.05) is 0 Å². The summed E-state index contributed by atoms with van der Waals surface area (Å²) < 4.78 is 8.85. The van der Waals surface area contributed by atoms with E-state index in [9.17, 15) is 0 Å². The van der Waals surface area contributed by atoms with Crippen LogP contribution in [0.15, 0.2) is 97.1 Å². The van der Waals surface area contributed by atoms with Crippen LogP contribution in [0.2, 0.25) is 13.3 Å². The zero-order chi connectivity index (χ0) is 26.8. The first-order valence-electron chi connectivity index (χ1n) is 14.8. The molecule has 0 saturated carbocycles. The number of benzene rings is 3. The Morgan fingerprint density at radius 3 is 1.45 bits per heavy atom. The average Bonchev–Trinajstić information content (AvgIpc) is 3.36. The van der Waals surface area contributed by atoms with Gasteiger partial charge < -0.3 is 0 Å². The third-order valence-corrected chi connectivity index (χ3v) is 23.9. The molecule has 3 heteroatoms. The minimum atomic E-state index is -2.49. The molecule has 1 aromatic heterocycles. The van der Waals surface area contributed by atoms with Gasteiger partial charge in [0.15, 0.2) is 0 Å². The molecule has 0 fully saturated rings. The van der Waals surface area contributed by atoms with Crippen LogP contribution in [-0.2, 0) is 7.05 Å². The summed E-state index contributed by atoms with van der Waals surface area (Å²) in [7, 11) is 2.34. The Balaban J connectivity index is 1.69. The van der Waals surface area contributed by atoms with Crippen molar-refractivity contribution >= 4 is 39.1 Å². The van der Waals surface area contributed by atoms with Crippen molar-refractivity contribution in [3.05, 3.63) is 97.1 Å². The second kappa shape index (κ2) is 14.1. The van der Waals surface area contributed by atoms with Crippen molar-refractivity contribution in [1.29, 1.82) is 0 Å². The number of hydrogen-bond donors (Lipinski definition) is 0. The molecule has 4 aromatic rings. The number of para-hydroxylation sites is 2. The molecule has 0 bridgehead atoms. The molecule has 4 rings (SSSR count). The van der Waals surface area contributed by atoms with Gasteiger partial charge in [-0.15, -0.1) is 0 Å². The van der Waals surface area contributed by atoms with Gasteiger partial charge in [-0.1, -0.05) is 0 Å². The summed E-state index contributed by atoms with van der Waals surface area (Å²) in [5.41, 5.74) is 6.21. The summed E-state index contributed by atoms with van der Waals surface area (Å²) in [4.78, 5) is 2.34. The van der Waals surface area contributed by atoms with E-state index < -0.39 is 18.4 Å². The van der Waals surface area contributed by atoms with E-state index in [4.69, 9.17) is 0 Å². The van der Waals surface area contributed by atoms with Gasteiger partial charge >= 0.3 is 237 Å². The van der Waals surface area contributed by atoms with Crippen LogP contribution in [-0.4, -0.2) is 22.9 Å². The van der Waals surface area contributed by atoms with Crippen LogP contribution in [0.4, 0.5) is 17.1 Å². The van der Waals surface area contributed by atoms with Crippen LogP contribution >= 0.6 is 0 Å². The van der Waals surface area contributed by atoms with Gasteiger partial charge in [-0.05, 0) is 0 Å². The van der Waals surface area contributed by atoms with Gasteiger partial charge in [0.05, 0.1) is 0 Å². The third kappa shape index (κ3) is 6.57. The Hall–Kier alpha value is -2.46. The molecule has 2 nitrogen and oxygen atoms in total. The van der Waals surface area contributed by atoms with E-state index in [-0.39, 0.29) is 0 Å². The summed E-state index contributed by atoms with van der Waals surface area (Å²) in [6, 6.07) is 35.4. The monoisotopic (exact) mass is 614 g/mol. The van der Waals surface area contributed by atoms with Crippen molar-refractivity contribution in [2.75, 3.05) is 4.90 Å². The van der Waals surface area contributed by atoms with Crippen LogP contribution in [0.3, 0.4) is 0 Å². The SMILES string of the molecule is CCC[CH2][Sn]([CH2]CCC)([CH2]CCC)[c]1ccc(-c2ccc(N(c3ccccc3)c3ccccc3)cc2)n1C. The minimum absolute atomic E-state index is 1.18. The number of nitrogens with zero attached hydrogens (tertiary/aromatic N) is 2. The Bertz CT molecular complexity index is 1170. The van der Waals surface area contributed by atoms with E-state index in [0.29, 0.717) is 0 Å². The first-order valence-corrected chi connectivity index (χ1v) is 22.3. The predicted molar refractivity (Wildman–Crippen MR) is 170 cm³/mol. The fourth-order valence-electron chi connectivity index (χ4n) is 6.02. The van der Waals surface area contributed by atoms with Gasteiger partial charge in [-0.25, -0.2) is 0 Å². The molecule has 0 spiro atoms. The molecule has 200 valence electrons. The van der Waals surface area contributed by atoms with E-state index in [1.165, 1.54) is 80.2 Å². The second-order valence-corrected chi connectivity index (χ2v) is 23.9. The van der Waals surface area contributed by atoms with Crippen LogP contribution in [0.1, 0.15) is 59.3 Å². The van der Waals surface area contributed by atoms with E-state index in [0.717, 1.165) is 0 Å². The fraction of sp³-hybridized carbons (Fsp3) is 0.371. The zero-order valence-corrected chi connectivity index (χ0v) is 26.9. The Labute approximate surface area is 235 Å². The molecule has 0 atom stereocenters. The van der Waals surface area contributed by atoms with Crippen molar-refractivity contribution in [3.63, 3.8) is 0 Å². The van der Waals surface area contributed by atoms with Crippen LogP contribution in [0, 0.1) is 0 Å². The van der Waals surface area contributed by atoms with Crippen LogP contribution in [0.5, 0.6) is 0 Å². The number of aromatic nitrogens is 1. The van der Waals surface area contributed by atoms with Crippen molar-refractivity contribution in [2.24, 2.45) is 7.05 Å². The topological polar surface area (TPSA) is 8.17 Å². The van der Waals surface area contributed by atoms with Gasteiger partial charge in [0.1, 0.15) is 0 Å². The molecule has 0 N–H and O–H groups in total. The summed E-state index contributed by atoms with van der Waals surface area (Å²) in [5.74, 6) is 0. The summed E-state index contributed by atoms with van der Waals surface area (Å²) in [6.07, 6.45) is 8.13. The fourth-order valence-corrected chi connectivity index (χ4v) is 22.8. The molecular formula is C35H46N2Sn. The van der Waals surface area contributed by atoms with Gasteiger partial charge in [-0.3, -0.25) is 0 Å². The van der Waals surface area contributed by atoms with E-state index >= 15 is 0 Å². The number of anilines is 3. The van der Waals surface area contributed by atoms with Crippen molar-refractivity contribution in [1.82, 2.24) is 4.57 Å². The number of hydrogen-bond acceptors (Lipinski definition) is 1. The molecule has 3 aromatic carbocycles. The van der Waals surface area contributed by atoms with Crippen LogP contribution in [0.25, 0.3) is 11.3 Å². The molecule has 0 amide bonds. The van der Waals surface area contributed by atoms with Crippen molar-refractivity contribution < 1.29 is 0 Å². The molecule has 1 heterocycles. The first-order chi connectivity index (χ1) is 18.6. The summed E-state index contributed by atoms with van der Waals surface area (Å²) >= 11 is -2.49. The molecule has 0 aliphatic rings. The summed E-state index contributed by atoms with van der Waals surface area (Å²) in [6.45, 7) is 7.09. The molecule has 38 heavy (non-hydrogen) atoms. The van der Waals surface area contributed by atoms with Gasteiger partial charge in [0.25, 0.3) is 0 Å². The van der Waals surface area contributed by atoms with E-state index in [2.05, 4.69) is 134 Å². The number of rotatable bonds is 14. The third-order valence-electron chi connectivity index (χ3n) is 8.14. The predicted octanol–water partition coefficient (Wildman–Crippen LogP) is 10.2. The van der Waals surface area contributed by atoms with Gasteiger partial charge in [0, 0.05) is 0 Å². The maximum atomic E-state index is 2.60. The second-order valence-electron chi connectivity index (χ2n) is 10.8. The Morgan fingerprint density at radius 1 is 0.553 bits per heavy atom. The molecule has 0 radical (unpaired) electrons.